The average Bonchev–Trinajstić information content (AvgIpc) is 4.00. The molecule has 12 aromatic rings. The summed E-state index contributed by atoms with van der Waals surface area (Å²) in [5, 5.41) is 10.4. The summed E-state index contributed by atoms with van der Waals surface area (Å²) in [6, 6.07) is 67.9. The number of aromatic nitrogens is 2. The summed E-state index contributed by atoms with van der Waals surface area (Å²) >= 11 is 0. The molecule has 0 saturated heterocycles. The number of benzene rings is 9. The number of hydrogen-bond acceptors (Lipinski definition) is 1. The maximum atomic E-state index is 9.33. The Morgan fingerprint density at radius 3 is 1.57 bits per heavy atom. The Labute approximate surface area is 341 Å². The van der Waals surface area contributed by atoms with Gasteiger partial charge in [0.05, 0.1) is 38.6 Å². The highest BCUT2D eigenvalue weighted by molar-refractivity contribution is 7.19. The Bertz CT molecular complexity index is 3630. The van der Waals surface area contributed by atoms with Crippen LogP contribution in [0.1, 0.15) is 5.48 Å². The third kappa shape index (κ3) is 4.61. The van der Waals surface area contributed by atoms with Crippen LogP contribution in [0.15, 0.2) is 223 Å². The molecule has 12 rings (SSSR count). The zero-order valence-corrected chi connectivity index (χ0v) is 32.3. The van der Waals surface area contributed by atoms with E-state index in [2.05, 4.69) is 156 Å². The normalized spacial score (nSPS) is 13.1. The van der Waals surface area contributed by atoms with Crippen molar-refractivity contribution in [1.82, 2.24) is 9.13 Å². The SMILES string of the molecule is [2H]c1c([2H])c([2H])c2c(c1[2H])c1ccccc1n2-c1cc2oc3ccccc3c2c2c1c1ccccc1n2-c1ccc([Si](c2ccccc2)(c2ccccc2)c2ccccc2)cc1. The monoisotopic (exact) mass is 760 g/mol. The highest BCUT2D eigenvalue weighted by Crippen LogP contribution is 2.45. The molecule has 0 amide bonds. The van der Waals surface area contributed by atoms with Gasteiger partial charge in [-0.3, -0.25) is 0 Å². The first kappa shape index (κ1) is 28.9. The van der Waals surface area contributed by atoms with Crippen molar-refractivity contribution in [2.45, 2.75) is 0 Å². The molecule has 0 aliphatic rings. The van der Waals surface area contributed by atoms with Gasteiger partial charge in [0.2, 0.25) is 0 Å². The zero-order chi connectivity index (χ0) is 41.7. The fourth-order valence-corrected chi connectivity index (χ4v) is 14.4. The van der Waals surface area contributed by atoms with Crippen molar-refractivity contribution in [3.8, 4) is 11.4 Å². The first-order valence-electron chi connectivity index (χ1n) is 21.6. The van der Waals surface area contributed by atoms with Crippen molar-refractivity contribution in [3.63, 3.8) is 0 Å². The highest BCUT2D eigenvalue weighted by Gasteiger charge is 2.41. The van der Waals surface area contributed by atoms with Gasteiger partial charge in [0.15, 0.2) is 8.07 Å². The maximum absolute atomic E-state index is 9.33. The Balaban J connectivity index is 1.21. The molecule has 0 N–H and O–H groups in total. The molecule has 0 spiro atoms. The summed E-state index contributed by atoms with van der Waals surface area (Å²) in [5.41, 5.74) is 6.40. The standard InChI is InChI=1S/C54H36N2OSi/c1-4-18-38(19-5-1)58(39-20-6-2-7-21-39,40-22-8-3-9-23-40)41-34-32-37(33-35-41)55-48-30-16-12-26-44(48)52-49(36-51-53(54(52)55)45-27-13-17-31-50(45)57-51)56-46-28-14-10-24-42(46)43-25-11-15-29-47(43)56/h1-36H/i10D,14D,24D,28D. The minimum absolute atomic E-state index is 0.0549. The van der Waals surface area contributed by atoms with E-state index in [0.29, 0.717) is 16.5 Å². The van der Waals surface area contributed by atoms with Gasteiger partial charge in [-0.25, -0.2) is 0 Å². The number of hydrogen-bond donors (Lipinski definition) is 0. The van der Waals surface area contributed by atoms with Crippen molar-refractivity contribution in [2.75, 3.05) is 0 Å². The van der Waals surface area contributed by atoms with Gasteiger partial charge < -0.3 is 13.6 Å². The van der Waals surface area contributed by atoms with Crippen LogP contribution < -0.4 is 20.7 Å². The van der Waals surface area contributed by atoms with Crippen molar-refractivity contribution in [1.29, 1.82) is 0 Å². The lowest BCUT2D eigenvalue weighted by Crippen LogP contribution is -2.74. The molecule has 0 unspecified atom stereocenters. The van der Waals surface area contributed by atoms with E-state index < -0.39 is 8.07 Å². The van der Waals surface area contributed by atoms with Crippen molar-refractivity contribution < 1.29 is 9.90 Å². The predicted molar refractivity (Wildman–Crippen MR) is 246 cm³/mol. The third-order valence-electron chi connectivity index (χ3n) is 12.0. The molecule has 0 aliphatic heterocycles. The molecule has 0 radical (unpaired) electrons. The van der Waals surface area contributed by atoms with Gasteiger partial charge >= 0.3 is 0 Å². The molecular weight excluding hydrogens is 721 g/mol. The summed E-state index contributed by atoms with van der Waals surface area (Å²) in [7, 11) is -2.79. The molecule has 0 bridgehead atoms. The van der Waals surface area contributed by atoms with Crippen LogP contribution in [0.4, 0.5) is 0 Å². The van der Waals surface area contributed by atoms with E-state index in [1.54, 1.807) is 0 Å². The first-order valence-corrected chi connectivity index (χ1v) is 21.6. The van der Waals surface area contributed by atoms with Gasteiger partial charge in [0.25, 0.3) is 0 Å². The van der Waals surface area contributed by atoms with Crippen molar-refractivity contribution >= 4 is 94.4 Å². The lowest BCUT2D eigenvalue weighted by atomic mass is 10.1. The zero-order valence-electron chi connectivity index (χ0n) is 35.3. The van der Waals surface area contributed by atoms with Crippen LogP contribution in [0.5, 0.6) is 0 Å². The Kier molecular flexibility index (Phi) is 6.39. The molecule has 3 nitrogen and oxygen atoms in total. The minimum atomic E-state index is -2.79. The highest BCUT2D eigenvalue weighted by atomic mass is 28.3. The molecule has 0 saturated carbocycles. The van der Waals surface area contributed by atoms with Gasteiger partial charge in [0.1, 0.15) is 11.2 Å². The fraction of sp³-hybridized carbons (Fsp3) is 0. The van der Waals surface area contributed by atoms with Gasteiger partial charge in [0, 0.05) is 38.7 Å². The van der Waals surface area contributed by atoms with Crippen LogP contribution in [-0.4, -0.2) is 17.2 Å². The van der Waals surface area contributed by atoms with Crippen LogP contribution in [0, 0.1) is 0 Å². The van der Waals surface area contributed by atoms with E-state index in [9.17, 15) is 1.37 Å². The fourth-order valence-electron chi connectivity index (χ4n) is 9.63. The number of fused-ring (bicyclic) bond motifs is 10. The number of furan rings is 1. The summed E-state index contributed by atoms with van der Waals surface area (Å²) < 4.78 is 47.0. The second-order valence-corrected chi connectivity index (χ2v) is 18.7. The molecule has 272 valence electrons. The van der Waals surface area contributed by atoms with Gasteiger partial charge in [-0.15, -0.1) is 0 Å². The van der Waals surface area contributed by atoms with Crippen LogP contribution in [0.3, 0.4) is 0 Å². The molecule has 0 fully saturated rings. The lowest BCUT2D eigenvalue weighted by molar-refractivity contribution is 0.669. The number of para-hydroxylation sites is 4. The Hall–Kier alpha value is -7.40. The van der Waals surface area contributed by atoms with E-state index in [1.807, 2.05) is 47.0 Å². The smallest absolute Gasteiger partial charge is 0.179 e. The van der Waals surface area contributed by atoms with Crippen LogP contribution >= 0.6 is 0 Å². The van der Waals surface area contributed by atoms with Gasteiger partial charge in [-0.2, -0.15) is 0 Å². The van der Waals surface area contributed by atoms with Crippen molar-refractivity contribution in [2.24, 2.45) is 0 Å². The number of nitrogens with zero attached hydrogens (tertiary/aromatic N) is 2. The Morgan fingerprint density at radius 1 is 0.397 bits per heavy atom. The van der Waals surface area contributed by atoms with Crippen LogP contribution in [0.2, 0.25) is 0 Å². The molecule has 58 heavy (non-hydrogen) atoms. The van der Waals surface area contributed by atoms with E-state index in [4.69, 9.17) is 8.53 Å². The van der Waals surface area contributed by atoms with Crippen LogP contribution in [-0.2, 0) is 0 Å². The number of rotatable bonds is 6. The molecule has 9 aromatic carbocycles. The molecule has 0 aliphatic carbocycles. The van der Waals surface area contributed by atoms with Crippen molar-refractivity contribution in [3.05, 3.63) is 218 Å². The van der Waals surface area contributed by atoms with Gasteiger partial charge in [-0.1, -0.05) is 176 Å². The van der Waals surface area contributed by atoms with Crippen LogP contribution in [0.25, 0.3) is 76.9 Å². The summed E-state index contributed by atoms with van der Waals surface area (Å²) in [6.45, 7) is 0. The predicted octanol–water partition coefficient (Wildman–Crippen LogP) is 11.2. The molecule has 4 heteroatoms. The maximum Gasteiger partial charge on any atom is 0.179 e. The van der Waals surface area contributed by atoms with E-state index in [-0.39, 0.29) is 24.2 Å². The Morgan fingerprint density at radius 2 is 0.914 bits per heavy atom. The second-order valence-electron chi connectivity index (χ2n) is 14.9. The summed E-state index contributed by atoms with van der Waals surface area (Å²) in [6.07, 6.45) is 0. The topological polar surface area (TPSA) is 23.0 Å². The third-order valence-corrected chi connectivity index (χ3v) is 16.8. The largest absolute Gasteiger partial charge is 0.456 e. The van der Waals surface area contributed by atoms with E-state index in [1.165, 1.54) is 20.7 Å². The first-order chi connectivity index (χ1) is 30.5. The second kappa shape index (κ2) is 12.8. The average molecular weight is 761 g/mol. The quantitative estimate of drug-likeness (QED) is 0.122. The summed E-state index contributed by atoms with van der Waals surface area (Å²) in [5.74, 6) is 0. The minimum Gasteiger partial charge on any atom is -0.456 e. The van der Waals surface area contributed by atoms with Gasteiger partial charge in [-0.05, 0) is 57.1 Å². The molecular formula is C54H36N2OSi. The summed E-state index contributed by atoms with van der Waals surface area (Å²) in [4.78, 5) is 0. The van der Waals surface area contributed by atoms with E-state index in [0.717, 1.165) is 60.4 Å². The molecule has 0 atom stereocenters. The van der Waals surface area contributed by atoms with E-state index >= 15 is 0 Å². The molecule has 3 heterocycles. The molecule has 3 aromatic heterocycles. The lowest BCUT2D eigenvalue weighted by Gasteiger charge is -2.34.